The summed E-state index contributed by atoms with van der Waals surface area (Å²) < 4.78 is 13.8. The molecule has 0 saturated heterocycles. The molecule has 0 amide bonds. The van der Waals surface area contributed by atoms with Gasteiger partial charge in [0.25, 0.3) is 0 Å². The van der Waals surface area contributed by atoms with Gasteiger partial charge in [0.05, 0.1) is 17.6 Å². The van der Waals surface area contributed by atoms with Gasteiger partial charge in [-0.2, -0.15) is 4.39 Å². The first kappa shape index (κ1) is 17.6. The number of nitrogens with zero attached hydrogens (tertiary/aromatic N) is 5. The molecule has 1 aliphatic rings. The molecule has 0 unspecified atom stereocenters. The van der Waals surface area contributed by atoms with E-state index in [1.54, 1.807) is 18.3 Å². The van der Waals surface area contributed by atoms with E-state index in [0.717, 1.165) is 41.3 Å². The van der Waals surface area contributed by atoms with Crippen LogP contribution in [0.1, 0.15) is 22.6 Å². The van der Waals surface area contributed by atoms with E-state index in [0.29, 0.717) is 23.2 Å². The minimum atomic E-state index is -0.543. The third-order valence-electron chi connectivity index (χ3n) is 4.55. The van der Waals surface area contributed by atoms with Crippen molar-refractivity contribution in [2.24, 2.45) is 0 Å². The lowest BCUT2D eigenvalue weighted by Crippen LogP contribution is -2.32. The molecule has 27 heavy (non-hydrogen) atoms. The van der Waals surface area contributed by atoms with Crippen LogP contribution in [0.2, 0.25) is 5.15 Å². The number of aryl methyl sites for hydroxylation is 1. The second-order valence-electron chi connectivity index (χ2n) is 6.48. The highest BCUT2D eigenvalue weighted by atomic mass is 35.5. The molecule has 1 aliphatic heterocycles. The van der Waals surface area contributed by atoms with Gasteiger partial charge in [0.2, 0.25) is 5.95 Å². The van der Waals surface area contributed by atoms with Crippen LogP contribution in [0.5, 0.6) is 0 Å². The van der Waals surface area contributed by atoms with Gasteiger partial charge in [-0.05, 0) is 37.6 Å². The first-order chi connectivity index (χ1) is 13.0. The highest BCUT2D eigenvalue weighted by molar-refractivity contribution is 6.30. The fourth-order valence-electron chi connectivity index (χ4n) is 3.20. The lowest BCUT2D eigenvalue weighted by atomic mass is 10.0. The monoisotopic (exact) mass is 384 g/mol. The Balaban J connectivity index is 1.62. The summed E-state index contributed by atoms with van der Waals surface area (Å²) in [5.74, 6) is 0.945. The zero-order valence-corrected chi connectivity index (χ0v) is 15.8. The Morgan fingerprint density at radius 1 is 1.22 bits per heavy atom. The largest absolute Gasteiger partial charge is 0.351 e. The van der Waals surface area contributed by atoms with Gasteiger partial charge in [0.1, 0.15) is 16.8 Å². The second-order valence-corrected chi connectivity index (χ2v) is 6.84. The maximum atomic E-state index is 13.8. The van der Waals surface area contributed by atoms with Crippen molar-refractivity contribution in [1.82, 2.24) is 19.9 Å². The van der Waals surface area contributed by atoms with Gasteiger partial charge in [0, 0.05) is 37.0 Å². The number of rotatable bonds is 3. The Bertz CT molecular complexity index is 1010. The topological polar surface area (TPSA) is 66.8 Å². The molecule has 138 valence electrons. The van der Waals surface area contributed by atoms with Crippen LogP contribution in [0.15, 0.2) is 30.6 Å². The van der Waals surface area contributed by atoms with E-state index in [-0.39, 0.29) is 0 Å². The van der Waals surface area contributed by atoms with Crippen LogP contribution in [-0.2, 0) is 13.0 Å². The predicted molar refractivity (Wildman–Crippen MR) is 103 cm³/mol. The zero-order valence-electron chi connectivity index (χ0n) is 15.0. The molecule has 3 aromatic rings. The molecule has 3 aromatic heterocycles. The maximum Gasteiger partial charge on any atom is 0.236 e. The van der Waals surface area contributed by atoms with Crippen molar-refractivity contribution in [3.05, 3.63) is 64.3 Å². The lowest BCUT2D eigenvalue weighted by Gasteiger charge is -2.30. The fraction of sp³-hybridized carbons (Fsp3) is 0.263. The highest BCUT2D eigenvalue weighted by Gasteiger charge is 2.22. The van der Waals surface area contributed by atoms with Crippen LogP contribution in [0.25, 0.3) is 0 Å². The number of anilines is 3. The fourth-order valence-corrected chi connectivity index (χ4v) is 3.41. The average Bonchev–Trinajstić information content (AvgIpc) is 2.66. The van der Waals surface area contributed by atoms with Crippen molar-refractivity contribution < 1.29 is 4.39 Å². The standard InChI is InChI=1S/C19H18ClFN6/c1-11-17(20)24-12(2)25-19(11)27-7-5-15-13(10-27)8-14(9-23-15)26-16-4-3-6-22-18(16)21/h3-4,6,8-9,26H,5,7,10H2,1-2H3. The van der Waals surface area contributed by atoms with Crippen molar-refractivity contribution in [2.45, 2.75) is 26.8 Å². The van der Waals surface area contributed by atoms with Gasteiger partial charge in [-0.1, -0.05) is 11.6 Å². The number of aromatic nitrogens is 4. The quantitative estimate of drug-likeness (QED) is 0.544. The summed E-state index contributed by atoms with van der Waals surface area (Å²) in [5.41, 5.74) is 4.02. The van der Waals surface area contributed by atoms with E-state index >= 15 is 0 Å². The number of hydrogen-bond donors (Lipinski definition) is 1. The van der Waals surface area contributed by atoms with E-state index < -0.39 is 5.95 Å². The Kier molecular flexibility index (Phi) is 4.61. The molecule has 0 aromatic carbocycles. The molecule has 0 radical (unpaired) electrons. The van der Waals surface area contributed by atoms with E-state index in [2.05, 4.69) is 30.2 Å². The van der Waals surface area contributed by atoms with Gasteiger partial charge in [-0.25, -0.2) is 15.0 Å². The molecule has 0 aliphatic carbocycles. The van der Waals surface area contributed by atoms with Gasteiger partial charge < -0.3 is 10.2 Å². The molecule has 8 heteroatoms. The number of hydrogen-bond acceptors (Lipinski definition) is 6. The molecule has 0 spiro atoms. The zero-order chi connectivity index (χ0) is 19.0. The molecule has 1 N–H and O–H groups in total. The number of halogens is 2. The van der Waals surface area contributed by atoms with Crippen LogP contribution >= 0.6 is 11.6 Å². The van der Waals surface area contributed by atoms with E-state index in [1.165, 1.54) is 6.20 Å². The summed E-state index contributed by atoms with van der Waals surface area (Å²) in [5, 5.41) is 3.52. The third-order valence-corrected chi connectivity index (χ3v) is 4.92. The summed E-state index contributed by atoms with van der Waals surface area (Å²) in [7, 11) is 0. The van der Waals surface area contributed by atoms with Crippen LogP contribution in [0, 0.1) is 19.8 Å². The number of nitrogens with one attached hydrogen (secondary N) is 1. The first-order valence-corrected chi connectivity index (χ1v) is 9.00. The van der Waals surface area contributed by atoms with Crippen molar-refractivity contribution in [3.63, 3.8) is 0 Å². The number of fused-ring (bicyclic) bond motifs is 1. The highest BCUT2D eigenvalue weighted by Crippen LogP contribution is 2.29. The van der Waals surface area contributed by atoms with Crippen molar-refractivity contribution in [3.8, 4) is 0 Å². The van der Waals surface area contributed by atoms with Gasteiger partial charge in [0.15, 0.2) is 0 Å². The average molecular weight is 385 g/mol. The minimum Gasteiger partial charge on any atom is -0.351 e. The summed E-state index contributed by atoms with van der Waals surface area (Å²) in [4.78, 5) is 19.1. The summed E-state index contributed by atoms with van der Waals surface area (Å²) in [6, 6.07) is 5.32. The molecule has 6 nitrogen and oxygen atoms in total. The lowest BCUT2D eigenvalue weighted by molar-refractivity contribution is 0.588. The Morgan fingerprint density at radius 2 is 2.07 bits per heavy atom. The van der Waals surface area contributed by atoms with Crippen LogP contribution < -0.4 is 10.2 Å². The van der Waals surface area contributed by atoms with E-state index in [4.69, 9.17) is 11.6 Å². The molecule has 0 bridgehead atoms. The van der Waals surface area contributed by atoms with Crippen molar-refractivity contribution in [1.29, 1.82) is 0 Å². The van der Waals surface area contributed by atoms with Crippen LogP contribution in [0.3, 0.4) is 0 Å². The Hall–Kier alpha value is -2.80. The Labute approximate surface area is 161 Å². The van der Waals surface area contributed by atoms with E-state index in [9.17, 15) is 4.39 Å². The molecule has 4 rings (SSSR count). The summed E-state index contributed by atoms with van der Waals surface area (Å²) in [6.07, 6.45) is 3.94. The van der Waals surface area contributed by atoms with Gasteiger partial charge >= 0.3 is 0 Å². The Morgan fingerprint density at radius 3 is 2.89 bits per heavy atom. The SMILES string of the molecule is Cc1nc(Cl)c(C)c(N2CCc3ncc(Nc4cccnc4F)cc3C2)n1. The molecule has 4 heterocycles. The summed E-state index contributed by atoms with van der Waals surface area (Å²) >= 11 is 6.23. The van der Waals surface area contributed by atoms with Gasteiger partial charge in [-0.3, -0.25) is 4.98 Å². The van der Waals surface area contributed by atoms with Crippen molar-refractivity contribution in [2.75, 3.05) is 16.8 Å². The van der Waals surface area contributed by atoms with E-state index in [1.807, 2.05) is 19.9 Å². The molecule has 0 fully saturated rings. The molecular weight excluding hydrogens is 367 g/mol. The molecule has 0 atom stereocenters. The smallest absolute Gasteiger partial charge is 0.236 e. The minimum absolute atomic E-state index is 0.320. The van der Waals surface area contributed by atoms with Crippen LogP contribution in [-0.4, -0.2) is 26.5 Å². The normalized spacial score (nSPS) is 13.4. The summed E-state index contributed by atoms with van der Waals surface area (Å²) in [6.45, 7) is 5.21. The second kappa shape index (κ2) is 7.08. The maximum absolute atomic E-state index is 13.8. The van der Waals surface area contributed by atoms with Crippen LogP contribution in [0.4, 0.5) is 21.6 Å². The molecular formula is C19H18ClFN6. The number of pyridine rings is 2. The molecule has 0 saturated carbocycles. The predicted octanol–water partition coefficient (Wildman–Crippen LogP) is 3.98. The van der Waals surface area contributed by atoms with Crippen molar-refractivity contribution >= 4 is 28.8 Å². The third kappa shape index (κ3) is 3.55. The first-order valence-electron chi connectivity index (χ1n) is 8.62. The van der Waals surface area contributed by atoms with Gasteiger partial charge in [-0.15, -0.1) is 0 Å².